The number of hydrogen-bond acceptors (Lipinski definition) is 4. The molecule has 2 N–H and O–H groups in total. The van der Waals surface area contributed by atoms with Crippen LogP contribution in [0.25, 0.3) is 0 Å². The molecule has 28 heavy (non-hydrogen) atoms. The van der Waals surface area contributed by atoms with E-state index in [-0.39, 0.29) is 23.7 Å². The predicted octanol–water partition coefficient (Wildman–Crippen LogP) is 3.23. The summed E-state index contributed by atoms with van der Waals surface area (Å²) >= 11 is 0. The van der Waals surface area contributed by atoms with Crippen molar-refractivity contribution in [2.45, 2.75) is 51.1 Å². The lowest BCUT2D eigenvalue weighted by molar-refractivity contribution is -0.274. The fourth-order valence-electron chi connectivity index (χ4n) is 4.05. The lowest BCUT2D eigenvalue weighted by Gasteiger charge is -2.37. The van der Waals surface area contributed by atoms with Crippen LogP contribution in [-0.4, -0.2) is 49.4 Å². The second kappa shape index (κ2) is 9.13. The molecule has 0 saturated carbocycles. The van der Waals surface area contributed by atoms with Crippen LogP contribution in [0.3, 0.4) is 0 Å². The number of nitrogens with one attached hydrogen (secondary N) is 2. The topological polar surface area (TPSA) is 53.6 Å². The number of ether oxygens (including phenoxy) is 1. The highest BCUT2D eigenvalue weighted by Gasteiger charge is 2.31. The second-order valence-corrected chi connectivity index (χ2v) is 7.69. The van der Waals surface area contributed by atoms with Crippen LogP contribution in [0, 0.1) is 5.92 Å². The van der Waals surface area contributed by atoms with Crippen LogP contribution < -0.4 is 15.4 Å². The van der Waals surface area contributed by atoms with Crippen LogP contribution in [-0.2, 0) is 4.79 Å². The van der Waals surface area contributed by atoms with Crippen molar-refractivity contribution in [1.82, 2.24) is 15.5 Å². The molecule has 2 aliphatic rings. The Balaban J connectivity index is 1.50. The maximum absolute atomic E-state index is 12.3. The Labute approximate surface area is 163 Å². The summed E-state index contributed by atoms with van der Waals surface area (Å²) in [4.78, 5) is 14.5. The molecule has 0 aliphatic carbocycles. The Morgan fingerprint density at radius 3 is 2.68 bits per heavy atom. The van der Waals surface area contributed by atoms with E-state index in [2.05, 4.69) is 27.2 Å². The summed E-state index contributed by atoms with van der Waals surface area (Å²) in [6, 6.07) is 6.11. The van der Waals surface area contributed by atoms with Crippen molar-refractivity contribution in [3.8, 4) is 5.75 Å². The second-order valence-electron chi connectivity index (χ2n) is 7.69. The summed E-state index contributed by atoms with van der Waals surface area (Å²) in [6.07, 6.45) is -0.624. The number of piperidine rings is 1. The molecule has 1 aromatic carbocycles. The van der Waals surface area contributed by atoms with Crippen LogP contribution in [0.15, 0.2) is 24.3 Å². The van der Waals surface area contributed by atoms with Gasteiger partial charge in [-0.2, -0.15) is 0 Å². The van der Waals surface area contributed by atoms with E-state index in [1.54, 1.807) is 12.1 Å². The lowest BCUT2D eigenvalue weighted by atomic mass is 9.95. The van der Waals surface area contributed by atoms with Crippen LogP contribution >= 0.6 is 0 Å². The highest BCUT2D eigenvalue weighted by atomic mass is 19.4. The SMILES string of the molecule is CC(c1ccc(OC(F)(F)F)cc1)N1CCCC(CNC(=O)C2CCCN2)C1. The van der Waals surface area contributed by atoms with Gasteiger partial charge in [0.1, 0.15) is 5.75 Å². The van der Waals surface area contributed by atoms with Crippen molar-refractivity contribution in [3.05, 3.63) is 29.8 Å². The standard InChI is InChI=1S/C20H28F3N3O2/c1-14(16-6-8-17(9-7-16)28-20(21,22)23)26-11-3-4-15(13-26)12-25-19(27)18-5-2-10-24-18/h6-9,14-15,18,24H,2-5,10-13H2,1H3,(H,25,27). The van der Waals surface area contributed by atoms with E-state index in [9.17, 15) is 18.0 Å². The molecule has 2 aliphatic heterocycles. The highest BCUT2D eigenvalue weighted by molar-refractivity contribution is 5.81. The number of alkyl halides is 3. The average molecular weight is 399 g/mol. The van der Waals surface area contributed by atoms with Gasteiger partial charge in [-0.25, -0.2) is 0 Å². The molecule has 2 saturated heterocycles. The van der Waals surface area contributed by atoms with E-state index in [1.807, 2.05) is 0 Å². The molecule has 2 fully saturated rings. The fraction of sp³-hybridized carbons (Fsp3) is 0.650. The van der Waals surface area contributed by atoms with E-state index in [0.717, 1.165) is 50.9 Å². The molecular formula is C20H28F3N3O2. The number of nitrogens with zero attached hydrogens (tertiary/aromatic N) is 1. The predicted molar refractivity (Wildman–Crippen MR) is 99.9 cm³/mol. The van der Waals surface area contributed by atoms with Gasteiger partial charge in [0.15, 0.2) is 0 Å². The van der Waals surface area contributed by atoms with Crippen molar-refractivity contribution in [2.75, 3.05) is 26.2 Å². The van der Waals surface area contributed by atoms with Gasteiger partial charge < -0.3 is 15.4 Å². The first kappa shape index (κ1) is 20.9. The number of likely N-dealkylation sites (tertiary alicyclic amines) is 1. The van der Waals surface area contributed by atoms with Gasteiger partial charge in [-0.15, -0.1) is 13.2 Å². The Bertz CT molecular complexity index is 645. The van der Waals surface area contributed by atoms with Crippen molar-refractivity contribution >= 4 is 5.91 Å². The van der Waals surface area contributed by atoms with Crippen molar-refractivity contribution in [2.24, 2.45) is 5.92 Å². The number of carbonyl (C=O) groups is 1. The molecule has 0 bridgehead atoms. The highest BCUT2D eigenvalue weighted by Crippen LogP contribution is 2.29. The molecule has 1 amide bonds. The van der Waals surface area contributed by atoms with E-state index in [1.165, 1.54) is 12.1 Å². The van der Waals surface area contributed by atoms with Crippen LogP contribution in [0.4, 0.5) is 13.2 Å². The number of benzene rings is 1. The Kier molecular flexibility index (Phi) is 6.82. The summed E-state index contributed by atoms with van der Waals surface area (Å²) in [5.41, 5.74) is 0.953. The molecule has 156 valence electrons. The molecule has 8 heteroatoms. The first-order chi connectivity index (χ1) is 13.3. The fourth-order valence-corrected chi connectivity index (χ4v) is 4.05. The van der Waals surface area contributed by atoms with E-state index < -0.39 is 6.36 Å². The monoisotopic (exact) mass is 399 g/mol. The third kappa shape index (κ3) is 5.85. The first-order valence-corrected chi connectivity index (χ1v) is 9.92. The Morgan fingerprint density at radius 2 is 2.04 bits per heavy atom. The first-order valence-electron chi connectivity index (χ1n) is 9.92. The summed E-state index contributed by atoms with van der Waals surface area (Å²) < 4.78 is 40.8. The van der Waals surface area contributed by atoms with Crippen molar-refractivity contribution in [1.29, 1.82) is 0 Å². The van der Waals surface area contributed by atoms with Crippen LogP contribution in [0.2, 0.25) is 0 Å². The van der Waals surface area contributed by atoms with Gasteiger partial charge in [0.05, 0.1) is 6.04 Å². The van der Waals surface area contributed by atoms with Crippen molar-refractivity contribution < 1.29 is 22.7 Å². The zero-order valence-corrected chi connectivity index (χ0v) is 16.1. The number of carbonyl (C=O) groups excluding carboxylic acids is 1. The van der Waals surface area contributed by atoms with E-state index in [0.29, 0.717) is 12.5 Å². The molecule has 5 nitrogen and oxygen atoms in total. The van der Waals surface area contributed by atoms with Crippen LogP contribution in [0.5, 0.6) is 5.75 Å². The van der Waals surface area contributed by atoms with Crippen molar-refractivity contribution in [3.63, 3.8) is 0 Å². The van der Waals surface area contributed by atoms with E-state index in [4.69, 9.17) is 0 Å². The average Bonchev–Trinajstić information content (AvgIpc) is 3.20. The van der Waals surface area contributed by atoms with Gasteiger partial charge in [0, 0.05) is 19.1 Å². The smallest absolute Gasteiger partial charge is 0.406 e. The third-order valence-corrected chi connectivity index (χ3v) is 5.64. The summed E-state index contributed by atoms with van der Waals surface area (Å²) in [7, 11) is 0. The number of hydrogen-bond donors (Lipinski definition) is 2. The molecule has 1 aromatic rings. The van der Waals surface area contributed by atoms with Gasteiger partial charge in [-0.05, 0) is 69.3 Å². The number of amides is 1. The normalized spacial score (nSPS) is 24.7. The number of rotatable bonds is 6. The minimum Gasteiger partial charge on any atom is -0.406 e. The maximum Gasteiger partial charge on any atom is 0.573 e. The minimum absolute atomic E-state index is 0.0592. The van der Waals surface area contributed by atoms with Gasteiger partial charge in [0.25, 0.3) is 0 Å². The summed E-state index contributed by atoms with van der Waals surface area (Å²) in [5.74, 6) is 0.264. The molecule has 0 aromatic heterocycles. The molecule has 3 unspecified atom stereocenters. The zero-order valence-electron chi connectivity index (χ0n) is 16.1. The Hall–Kier alpha value is -1.80. The van der Waals surface area contributed by atoms with Gasteiger partial charge in [-0.3, -0.25) is 9.69 Å². The quantitative estimate of drug-likeness (QED) is 0.771. The maximum atomic E-state index is 12.3. The molecular weight excluding hydrogens is 371 g/mol. The largest absolute Gasteiger partial charge is 0.573 e. The molecule has 0 radical (unpaired) electrons. The Morgan fingerprint density at radius 1 is 1.29 bits per heavy atom. The number of halogens is 3. The summed E-state index contributed by atoms with van der Waals surface area (Å²) in [5, 5.41) is 6.28. The van der Waals surface area contributed by atoms with Gasteiger partial charge in [0.2, 0.25) is 5.91 Å². The van der Waals surface area contributed by atoms with Crippen LogP contribution in [0.1, 0.15) is 44.2 Å². The molecule has 3 atom stereocenters. The van der Waals surface area contributed by atoms with Gasteiger partial charge in [-0.1, -0.05) is 12.1 Å². The molecule has 2 heterocycles. The third-order valence-electron chi connectivity index (χ3n) is 5.64. The van der Waals surface area contributed by atoms with Gasteiger partial charge >= 0.3 is 6.36 Å². The minimum atomic E-state index is -4.67. The van der Waals surface area contributed by atoms with E-state index >= 15 is 0 Å². The molecule has 3 rings (SSSR count). The molecule has 0 spiro atoms. The lowest BCUT2D eigenvalue weighted by Crippen LogP contribution is -2.45. The zero-order chi connectivity index (χ0) is 20.1. The summed E-state index contributed by atoms with van der Waals surface area (Å²) in [6.45, 7) is 5.43.